The molecule has 0 bridgehead atoms. The first-order valence-corrected chi connectivity index (χ1v) is 5.94. The number of hydrogen-bond donors (Lipinski definition) is 1. The van der Waals surface area contributed by atoms with Crippen molar-refractivity contribution in [2.75, 3.05) is 21.3 Å². The minimum atomic E-state index is -1.71. The summed E-state index contributed by atoms with van der Waals surface area (Å²) < 4.78 is 15.4. The van der Waals surface area contributed by atoms with Gasteiger partial charge in [0.15, 0.2) is 5.76 Å². The van der Waals surface area contributed by atoms with Crippen molar-refractivity contribution in [2.45, 2.75) is 31.0 Å². The molecule has 0 heterocycles. The van der Waals surface area contributed by atoms with Crippen LogP contribution >= 0.6 is 0 Å². The van der Waals surface area contributed by atoms with Gasteiger partial charge >= 0.3 is 0 Å². The molecule has 0 amide bonds. The molecule has 0 aliphatic heterocycles. The third-order valence-corrected chi connectivity index (χ3v) is 3.56. The smallest absolute Gasteiger partial charge is 0.244 e. The van der Waals surface area contributed by atoms with E-state index < -0.39 is 11.4 Å². The van der Waals surface area contributed by atoms with Crippen LogP contribution in [0.3, 0.4) is 0 Å². The fourth-order valence-corrected chi connectivity index (χ4v) is 2.63. The molecule has 0 unspecified atom stereocenters. The predicted molar refractivity (Wildman–Crippen MR) is 63.7 cm³/mol. The molecule has 0 saturated carbocycles. The van der Waals surface area contributed by atoms with Crippen molar-refractivity contribution in [2.24, 2.45) is 0 Å². The lowest BCUT2D eigenvalue weighted by atomic mass is 9.72. The van der Waals surface area contributed by atoms with Gasteiger partial charge in [-0.2, -0.15) is 0 Å². The molecule has 0 aromatic carbocycles. The highest BCUT2D eigenvalue weighted by atomic mass is 16.5. The van der Waals surface area contributed by atoms with Crippen molar-refractivity contribution in [1.29, 1.82) is 0 Å². The maximum Gasteiger partial charge on any atom is 0.244 e. The van der Waals surface area contributed by atoms with Crippen LogP contribution in [0.4, 0.5) is 0 Å². The van der Waals surface area contributed by atoms with E-state index in [0.29, 0.717) is 5.57 Å². The molecule has 5 heteroatoms. The Balaban J connectivity index is 2.41. The Morgan fingerprint density at radius 3 is 2.61 bits per heavy atom. The van der Waals surface area contributed by atoms with E-state index in [2.05, 4.69) is 0 Å². The van der Waals surface area contributed by atoms with Gasteiger partial charge in [0, 0.05) is 12.7 Å². The van der Waals surface area contributed by atoms with Gasteiger partial charge in [0.2, 0.25) is 17.1 Å². The van der Waals surface area contributed by atoms with Gasteiger partial charge in [-0.1, -0.05) is 6.08 Å². The molecule has 5 nitrogen and oxygen atoms in total. The largest absolute Gasteiger partial charge is 0.493 e. The van der Waals surface area contributed by atoms with Gasteiger partial charge in [-0.05, 0) is 19.3 Å². The number of ketones is 1. The quantitative estimate of drug-likeness (QED) is 0.756. The lowest BCUT2D eigenvalue weighted by molar-refractivity contribution is -0.142. The van der Waals surface area contributed by atoms with E-state index >= 15 is 0 Å². The Labute approximate surface area is 106 Å². The fraction of sp³-hybridized carbons (Fsp3) is 0.615. The monoisotopic (exact) mass is 254 g/mol. The van der Waals surface area contributed by atoms with E-state index in [4.69, 9.17) is 14.2 Å². The molecule has 2 aliphatic carbocycles. The topological polar surface area (TPSA) is 65.0 Å². The van der Waals surface area contributed by atoms with E-state index in [1.807, 2.05) is 6.08 Å². The average Bonchev–Trinajstić information content (AvgIpc) is 2.42. The molecule has 0 radical (unpaired) electrons. The molecule has 0 aromatic heterocycles. The first kappa shape index (κ1) is 13.1. The zero-order chi connectivity index (χ0) is 13.3. The van der Waals surface area contributed by atoms with Crippen molar-refractivity contribution < 1.29 is 24.1 Å². The van der Waals surface area contributed by atoms with Crippen LogP contribution in [0.15, 0.2) is 23.2 Å². The summed E-state index contributed by atoms with van der Waals surface area (Å²) in [5, 5.41) is 10.6. The number of carbonyl (C=O) groups is 1. The summed E-state index contributed by atoms with van der Waals surface area (Å²) in [6.45, 7) is 0. The summed E-state index contributed by atoms with van der Waals surface area (Å²) in [5.74, 6) is -0.205. The van der Waals surface area contributed by atoms with Crippen molar-refractivity contribution in [1.82, 2.24) is 0 Å². The normalized spacial score (nSPS) is 31.9. The second-order valence-electron chi connectivity index (χ2n) is 4.42. The van der Waals surface area contributed by atoms with Crippen molar-refractivity contribution in [3.05, 3.63) is 23.2 Å². The van der Waals surface area contributed by atoms with E-state index in [-0.39, 0.29) is 17.6 Å². The summed E-state index contributed by atoms with van der Waals surface area (Å²) >= 11 is 0. The number of aliphatic hydroxyl groups is 1. The average molecular weight is 254 g/mol. The van der Waals surface area contributed by atoms with Gasteiger partial charge in [0.05, 0.1) is 20.3 Å². The first-order chi connectivity index (χ1) is 8.61. The highest BCUT2D eigenvalue weighted by Crippen LogP contribution is 2.44. The summed E-state index contributed by atoms with van der Waals surface area (Å²) in [6, 6.07) is 0. The highest BCUT2D eigenvalue weighted by Gasteiger charge is 2.60. The number of carbonyl (C=O) groups excluding carboxylic acids is 1. The van der Waals surface area contributed by atoms with Crippen LogP contribution in [0.5, 0.6) is 0 Å². The van der Waals surface area contributed by atoms with Gasteiger partial charge in [-0.15, -0.1) is 0 Å². The summed E-state index contributed by atoms with van der Waals surface area (Å²) in [4.78, 5) is 12.0. The van der Waals surface area contributed by atoms with Gasteiger partial charge in [0.25, 0.3) is 0 Å². The van der Waals surface area contributed by atoms with Crippen LogP contribution in [-0.4, -0.2) is 43.9 Å². The Bertz CT molecular complexity index is 423. The number of Topliss-reactive ketones (excluding diaryl/α,β-unsaturated/α-hetero) is 1. The predicted octanol–water partition coefficient (Wildman–Crippen LogP) is 0.930. The van der Waals surface area contributed by atoms with Crippen molar-refractivity contribution in [3.8, 4) is 0 Å². The Hall–Kier alpha value is -1.33. The molecule has 1 N–H and O–H groups in total. The third kappa shape index (κ3) is 1.58. The molecule has 18 heavy (non-hydrogen) atoms. The Morgan fingerprint density at radius 1 is 1.33 bits per heavy atom. The fourth-order valence-electron chi connectivity index (χ4n) is 2.63. The van der Waals surface area contributed by atoms with E-state index in [0.717, 1.165) is 19.3 Å². The van der Waals surface area contributed by atoms with Gasteiger partial charge in [-0.3, -0.25) is 4.79 Å². The Kier molecular flexibility index (Phi) is 3.45. The standard InChI is InChI=1S/C13H18O5/c1-16-9-7-5-4-6-8(9)13(15)11(14)10(17-2)12(13)18-3/h6,9,15H,4-5,7H2,1-3H3/t9-,13+/m0/s1. The molecule has 0 saturated heterocycles. The van der Waals surface area contributed by atoms with Gasteiger partial charge < -0.3 is 19.3 Å². The third-order valence-electron chi connectivity index (χ3n) is 3.56. The molecule has 0 fully saturated rings. The Morgan fingerprint density at radius 2 is 2.06 bits per heavy atom. The lowest BCUT2D eigenvalue weighted by Gasteiger charge is -2.41. The minimum absolute atomic E-state index is 0.0846. The molecular weight excluding hydrogens is 236 g/mol. The summed E-state index contributed by atoms with van der Waals surface area (Å²) in [7, 11) is 4.37. The number of rotatable bonds is 4. The second-order valence-corrected chi connectivity index (χ2v) is 4.42. The molecule has 2 aliphatic rings. The molecule has 100 valence electrons. The van der Waals surface area contributed by atoms with Crippen LogP contribution in [-0.2, 0) is 19.0 Å². The van der Waals surface area contributed by atoms with Crippen LogP contribution < -0.4 is 0 Å². The molecule has 0 spiro atoms. The number of allylic oxidation sites excluding steroid dienone is 1. The zero-order valence-electron chi connectivity index (χ0n) is 10.9. The van der Waals surface area contributed by atoms with Crippen LogP contribution in [0.1, 0.15) is 19.3 Å². The lowest BCUT2D eigenvalue weighted by Crippen LogP contribution is -2.56. The highest BCUT2D eigenvalue weighted by molar-refractivity contribution is 6.12. The SMILES string of the molecule is COC1=C(OC)[C@@](O)(C2=CCCC[C@@H]2OC)C1=O. The summed E-state index contributed by atoms with van der Waals surface area (Å²) in [5.41, 5.74) is -1.14. The second kappa shape index (κ2) is 4.74. The molecule has 2 rings (SSSR count). The summed E-state index contributed by atoms with van der Waals surface area (Å²) in [6.07, 6.45) is 4.20. The first-order valence-electron chi connectivity index (χ1n) is 5.94. The molecule has 2 atom stereocenters. The van der Waals surface area contributed by atoms with Crippen LogP contribution in [0.25, 0.3) is 0 Å². The van der Waals surface area contributed by atoms with Crippen molar-refractivity contribution >= 4 is 5.78 Å². The van der Waals surface area contributed by atoms with Gasteiger partial charge in [-0.25, -0.2) is 0 Å². The maximum absolute atomic E-state index is 12.0. The molecular formula is C13H18O5. The molecule has 0 aromatic rings. The number of methoxy groups -OCH3 is 3. The maximum atomic E-state index is 12.0. The van der Waals surface area contributed by atoms with E-state index in [9.17, 15) is 9.90 Å². The van der Waals surface area contributed by atoms with Gasteiger partial charge in [0.1, 0.15) is 0 Å². The van der Waals surface area contributed by atoms with Crippen LogP contribution in [0, 0.1) is 0 Å². The van der Waals surface area contributed by atoms with E-state index in [1.165, 1.54) is 14.2 Å². The van der Waals surface area contributed by atoms with E-state index in [1.54, 1.807) is 7.11 Å². The van der Waals surface area contributed by atoms with Crippen LogP contribution in [0.2, 0.25) is 0 Å². The van der Waals surface area contributed by atoms with Crippen molar-refractivity contribution in [3.63, 3.8) is 0 Å². The zero-order valence-corrected chi connectivity index (χ0v) is 10.9. The minimum Gasteiger partial charge on any atom is -0.493 e. The number of ether oxygens (including phenoxy) is 3. The number of hydrogen-bond acceptors (Lipinski definition) is 5.